The Labute approximate surface area is 62.0 Å². The van der Waals surface area contributed by atoms with Crippen LogP contribution in [0, 0.1) is 5.92 Å². The Morgan fingerprint density at radius 3 is 3.00 bits per heavy atom. The van der Waals surface area contributed by atoms with Gasteiger partial charge in [0, 0.05) is 19.2 Å². The van der Waals surface area contributed by atoms with E-state index in [1.165, 1.54) is 0 Å². The van der Waals surface area contributed by atoms with Crippen LogP contribution in [-0.2, 0) is 0 Å². The van der Waals surface area contributed by atoms with Crippen LogP contribution in [-0.4, -0.2) is 12.4 Å². The van der Waals surface area contributed by atoms with Gasteiger partial charge >= 0.3 is 0 Å². The Balaban J connectivity index is 2.15. The van der Waals surface area contributed by atoms with Crippen LogP contribution in [0.2, 0.25) is 0 Å². The van der Waals surface area contributed by atoms with E-state index in [4.69, 9.17) is 0 Å². The number of nitrogens with zero attached hydrogens (tertiary/aromatic N) is 1. The maximum Gasteiger partial charge on any atom is 0.105 e. The summed E-state index contributed by atoms with van der Waals surface area (Å²) in [4.78, 5) is 4.13. The van der Waals surface area contributed by atoms with Crippen LogP contribution in [0.1, 0.15) is 20.3 Å². The van der Waals surface area contributed by atoms with Gasteiger partial charge in [0.1, 0.15) is 5.84 Å². The van der Waals surface area contributed by atoms with Crippen molar-refractivity contribution in [3.63, 3.8) is 0 Å². The smallest absolute Gasteiger partial charge is 0.105 e. The van der Waals surface area contributed by atoms with Crippen molar-refractivity contribution in [1.29, 1.82) is 0 Å². The van der Waals surface area contributed by atoms with Crippen molar-refractivity contribution in [3.8, 4) is 0 Å². The van der Waals surface area contributed by atoms with Crippen molar-refractivity contribution in [2.75, 3.05) is 6.54 Å². The topological polar surface area (TPSA) is 24.4 Å². The molecule has 1 heterocycles. The summed E-state index contributed by atoms with van der Waals surface area (Å²) in [6.07, 6.45) is 4.89. The van der Waals surface area contributed by atoms with Gasteiger partial charge in [-0.2, -0.15) is 0 Å². The molecule has 0 amide bonds. The van der Waals surface area contributed by atoms with Crippen LogP contribution in [0.15, 0.2) is 17.3 Å². The summed E-state index contributed by atoms with van der Waals surface area (Å²) < 4.78 is 0. The van der Waals surface area contributed by atoms with Gasteiger partial charge < -0.3 is 5.32 Å². The quantitative estimate of drug-likeness (QED) is 0.615. The standard InChI is InChI=1S/C8H14N2/c1-7(2)6-10-8-4-3-5-9-8/h3,5,7H,4,6H2,1-2H3,(H,9,10). The second-order valence-electron chi connectivity index (χ2n) is 2.94. The van der Waals surface area contributed by atoms with Crippen molar-refractivity contribution in [2.45, 2.75) is 20.3 Å². The molecule has 2 nitrogen and oxygen atoms in total. The van der Waals surface area contributed by atoms with Crippen LogP contribution >= 0.6 is 0 Å². The fourth-order valence-corrected chi connectivity index (χ4v) is 0.799. The summed E-state index contributed by atoms with van der Waals surface area (Å²) in [5.74, 6) is 1.80. The minimum Gasteiger partial charge on any atom is -0.373 e. The van der Waals surface area contributed by atoms with Crippen LogP contribution < -0.4 is 5.32 Å². The normalized spacial score (nSPS) is 16.1. The van der Waals surface area contributed by atoms with Crippen molar-refractivity contribution in [1.82, 2.24) is 5.32 Å². The number of rotatable bonds is 2. The predicted octanol–water partition coefficient (Wildman–Crippen LogP) is 1.55. The lowest BCUT2D eigenvalue weighted by Crippen LogP contribution is -2.25. The fraction of sp³-hybridized carbons (Fsp3) is 0.625. The van der Waals surface area contributed by atoms with Gasteiger partial charge in [-0.25, -0.2) is 4.99 Å². The Kier molecular flexibility index (Phi) is 2.49. The second-order valence-corrected chi connectivity index (χ2v) is 2.94. The first-order valence-corrected chi connectivity index (χ1v) is 3.74. The lowest BCUT2D eigenvalue weighted by atomic mass is 10.2. The largest absolute Gasteiger partial charge is 0.373 e. The highest BCUT2D eigenvalue weighted by Crippen LogP contribution is 1.97. The van der Waals surface area contributed by atoms with Gasteiger partial charge in [-0.15, -0.1) is 0 Å². The summed E-state index contributed by atoms with van der Waals surface area (Å²) in [5, 5.41) is 3.27. The molecule has 0 atom stereocenters. The van der Waals surface area contributed by atoms with Crippen LogP contribution in [0.5, 0.6) is 0 Å². The highest BCUT2D eigenvalue weighted by Gasteiger charge is 2.00. The molecule has 0 aliphatic carbocycles. The zero-order valence-electron chi connectivity index (χ0n) is 6.59. The number of amidine groups is 1. The van der Waals surface area contributed by atoms with Crippen molar-refractivity contribution in [3.05, 3.63) is 12.3 Å². The van der Waals surface area contributed by atoms with E-state index in [9.17, 15) is 0 Å². The third kappa shape index (κ3) is 2.21. The Morgan fingerprint density at radius 2 is 2.50 bits per heavy atom. The molecule has 0 aromatic heterocycles. The lowest BCUT2D eigenvalue weighted by Gasteiger charge is -2.07. The number of aliphatic imine (C=N–C) groups is 1. The molecule has 10 heavy (non-hydrogen) atoms. The van der Waals surface area contributed by atoms with E-state index in [1.54, 1.807) is 0 Å². The maximum atomic E-state index is 4.13. The summed E-state index contributed by atoms with van der Waals surface area (Å²) >= 11 is 0. The summed E-state index contributed by atoms with van der Waals surface area (Å²) in [6, 6.07) is 0. The molecule has 1 aliphatic heterocycles. The number of nitrogens with one attached hydrogen (secondary N) is 1. The molecule has 0 saturated heterocycles. The fourth-order valence-electron chi connectivity index (χ4n) is 0.799. The molecule has 56 valence electrons. The van der Waals surface area contributed by atoms with E-state index in [0.29, 0.717) is 5.92 Å². The van der Waals surface area contributed by atoms with E-state index in [2.05, 4.69) is 30.2 Å². The summed E-state index contributed by atoms with van der Waals surface area (Å²) in [7, 11) is 0. The van der Waals surface area contributed by atoms with Gasteiger partial charge in [0.15, 0.2) is 0 Å². The SMILES string of the molecule is CC(C)CNC1=NC=CC1. The van der Waals surface area contributed by atoms with Crippen LogP contribution in [0.25, 0.3) is 0 Å². The monoisotopic (exact) mass is 138 g/mol. The number of hydrogen-bond donors (Lipinski definition) is 1. The van der Waals surface area contributed by atoms with E-state index in [0.717, 1.165) is 18.8 Å². The minimum absolute atomic E-state index is 0.697. The van der Waals surface area contributed by atoms with E-state index in [1.807, 2.05) is 6.20 Å². The van der Waals surface area contributed by atoms with Crippen LogP contribution in [0.4, 0.5) is 0 Å². The van der Waals surface area contributed by atoms with Gasteiger partial charge in [0.2, 0.25) is 0 Å². The molecule has 1 N–H and O–H groups in total. The highest BCUT2D eigenvalue weighted by molar-refractivity contribution is 5.85. The molecule has 0 fully saturated rings. The van der Waals surface area contributed by atoms with E-state index in [-0.39, 0.29) is 0 Å². The molecule has 0 aromatic rings. The van der Waals surface area contributed by atoms with Gasteiger partial charge in [-0.3, -0.25) is 0 Å². The van der Waals surface area contributed by atoms with Gasteiger partial charge in [0.05, 0.1) is 0 Å². The van der Waals surface area contributed by atoms with Gasteiger partial charge in [-0.1, -0.05) is 19.9 Å². The summed E-state index contributed by atoms with van der Waals surface area (Å²) in [6.45, 7) is 5.41. The molecule has 0 unspecified atom stereocenters. The zero-order chi connectivity index (χ0) is 7.40. The summed E-state index contributed by atoms with van der Waals surface area (Å²) in [5.41, 5.74) is 0. The lowest BCUT2D eigenvalue weighted by molar-refractivity contribution is 0.623. The average Bonchev–Trinajstić information content (AvgIpc) is 2.34. The van der Waals surface area contributed by atoms with Crippen molar-refractivity contribution in [2.24, 2.45) is 10.9 Å². The predicted molar refractivity (Wildman–Crippen MR) is 44.0 cm³/mol. The maximum absolute atomic E-state index is 4.13. The Morgan fingerprint density at radius 1 is 1.70 bits per heavy atom. The third-order valence-corrected chi connectivity index (χ3v) is 1.36. The van der Waals surface area contributed by atoms with Crippen molar-refractivity contribution >= 4 is 5.84 Å². The molecule has 1 rings (SSSR count). The Hall–Kier alpha value is -0.790. The minimum atomic E-state index is 0.697. The zero-order valence-corrected chi connectivity index (χ0v) is 6.59. The van der Waals surface area contributed by atoms with E-state index >= 15 is 0 Å². The molecule has 0 spiro atoms. The molecule has 0 aromatic carbocycles. The first-order valence-electron chi connectivity index (χ1n) is 3.74. The molecule has 0 radical (unpaired) electrons. The Bertz CT molecular complexity index is 157. The van der Waals surface area contributed by atoms with Crippen molar-refractivity contribution < 1.29 is 0 Å². The first kappa shape index (κ1) is 7.32. The van der Waals surface area contributed by atoms with Crippen LogP contribution in [0.3, 0.4) is 0 Å². The second kappa shape index (κ2) is 3.40. The van der Waals surface area contributed by atoms with Gasteiger partial charge in [-0.05, 0) is 5.92 Å². The first-order chi connectivity index (χ1) is 4.79. The molecular formula is C8H14N2. The molecule has 2 heteroatoms. The molecule has 1 aliphatic rings. The molecule has 0 saturated carbocycles. The average molecular weight is 138 g/mol. The molecule has 0 bridgehead atoms. The van der Waals surface area contributed by atoms with Gasteiger partial charge in [0.25, 0.3) is 0 Å². The number of hydrogen-bond acceptors (Lipinski definition) is 2. The molecular weight excluding hydrogens is 124 g/mol. The highest BCUT2D eigenvalue weighted by atomic mass is 15.0. The third-order valence-electron chi connectivity index (χ3n) is 1.36. The van der Waals surface area contributed by atoms with E-state index < -0.39 is 0 Å².